The van der Waals surface area contributed by atoms with Crippen LogP contribution in [0.4, 0.5) is 4.39 Å². The van der Waals surface area contributed by atoms with Gasteiger partial charge in [-0.25, -0.2) is 4.39 Å². The molecule has 3 aromatic rings. The van der Waals surface area contributed by atoms with Gasteiger partial charge in [-0.05, 0) is 35.4 Å². The van der Waals surface area contributed by atoms with Crippen LogP contribution < -0.4 is 9.47 Å². The van der Waals surface area contributed by atoms with E-state index in [-0.39, 0.29) is 5.75 Å². The second-order valence-electron chi connectivity index (χ2n) is 5.30. The van der Waals surface area contributed by atoms with Crippen LogP contribution in [0.3, 0.4) is 0 Å². The molecule has 0 unspecified atom stereocenters. The Bertz CT molecular complexity index is 832. The molecule has 0 bridgehead atoms. The second kappa shape index (κ2) is 7.04. The van der Waals surface area contributed by atoms with Crippen LogP contribution in [0, 0.1) is 5.82 Å². The van der Waals surface area contributed by atoms with E-state index in [0.29, 0.717) is 29.2 Å². The van der Waals surface area contributed by atoms with Crippen molar-refractivity contribution < 1.29 is 19.0 Å². The third kappa shape index (κ3) is 3.49. The molecule has 3 aromatic carbocycles. The number of hydrogen-bond acceptors (Lipinski definition) is 3. The van der Waals surface area contributed by atoms with E-state index in [9.17, 15) is 9.50 Å². The van der Waals surface area contributed by atoms with Crippen LogP contribution in [-0.4, -0.2) is 12.2 Å². The van der Waals surface area contributed by atoms with Gasteiger partial charge >= 0.3 is 0 Å². The number of hydrogen-bond donors (Lipinski definition) is 1. The highest BCUT2D eigenvalue weighted by Gasteiger charge is 2.10. The molecule has 24 heavy (non-hydrogen) atoms. The SMILES string of the molecule is COc1cc(-c2ccc(OCc3ccccc3)cc2F)ccc1O. The fourth-order valence-electron chi connectivity index (χ4n) is 2.41. The molecule has 0 aliphatic carbocycles. The molecule has 0 atom stereocenters. The summed E-state index contributed by atoms with van der Waals surface area (Å²) < 4.78 is 25.1. The first-order chi connectivity index (χ1) is 11.7. The lowest BCUT2D eigenvalue weighted by molar-refractivity contribution is 0.304. The molecule has 3 nitrogen and oxygen atoms in total. The molecule has 3 rings (SSSR count). The molecule has 0 radical (unpaired) electrons. The molecule has 122 valence electrons. The Morgan fingerprint density at radius 2 is 1.75 bits per heavy atom. The van der Waals surface area contributed by atoms with E-state index >= 15 is 0 Å². The Morgan fingerprint density at radius 1 is 0.958 bits per heavy atom. The Morgan fingerprint density at radius 3 is 2.46 bits per heavy atom. The van der Waals surface area contributed by atoms with Crippen molar-refractivity contribution >= 4 is 0 Å². The Balaban J connectivity index is 1.80. The highest BCUT2D eigenvalue weighted by molar-refractivity contribution is 5.68. The minimum Gasteiger partial charge on any atom is -0.504 e. The highest BCUT2D eigenvalue weighted by Crippen LogP contribution is 2.33. The lowest BCUT2D eigenvalue weighted by Crippen LogP contribution is -1.96. The van der Waals surface area contributed by atoms with Crippen LogP contribution in [0.25, 0.3) is 11.1 Å². The zero-order valence-corrected chi connectivity index (χ0v) is 13.2. The van der Waals surface area contributed by atoms with Crippen LogP contribution in [0.15, 0.2) is 66.7 Å². The number of phenols is 1. The van der Waals surface area contributed by atoms with Crippen LogP contribution in [-0.2, 0) is 6.61 Å². The fourth-order valence-corrected chi connectivity index (χ4v) is 2.41. The monoisotopic (exact) mass is 324 g/mol. The third-order valence-corrected chi connectivity index (χ3v) is 3.68. The van der Waals surface area contributed by atoms with Crippen molar-refractivity contribution in [2.75, 3.05) is 7.11 Å². The van der Waals surface area contributed by atoms with Crippen molar-refractivity contribution in [3.8, 4) is 28.4 Å². The van der Waals surface area contributed by atoms with Gasteiger partial charge in [-0.2, -0.15) is 0 Å². The number of rotatable bonds is 5. The molecule has 1 N–H and O–H groups in total. The van der Waals surface area contributed by atoms with E-state index in [0.717, 1.165) is 5.56 Å². The third-order valence-electron chi connectivity index (χ3n) is 3.68. The van der Waals surface area contributed by atoms with Crippen LogP contribution in [0.5, 0.6) is 17.2 Å². The number of phenolic OH excluding ortho intramolecular Hbond substituents is 1. The van der Waals surface area contributed by atoms with E-state index in [4.69, 9.17) is 9.47 Å². The molecular weight excluding hydrogens is 307 g/mol. The maximum atomic E-state index is 14.4. The Kier molecular flexibility index (Phi) is 4.66. The van der Waals surface area contributed by atoms with Gasteiger partial charge in [0.05, 0.1) is 7.11 Å². The lowest BCUT2D eigenvalue weighted by atomic mass is 10.0. The van der Waals surface area contributed by atoms with Crippen molar-refractivity contribution in [1.82, 2.24) is 0 Å². The first-order valence-corrected chi connectivity index (χ1v) is 7.51. The summed E-state index contributed by atoms with van der Waals surface area (Å²) in [6.45, 7) is 0.382. The van der Waals surface area contributed by atoms with Gasteiger partial charge in [-0.1, -0.05) is 36.4 Å². The summed E-state index contributed by atoms with van der Waals surface area (Å²) >= 11 is 0. The smallest absolute Gasteiger partial charge is 0.161 e. The largest absolute Gasteiger partial charge is 0.504 e. The molecule has 0 aliphatic heterocycles. The van der Waals surface area contributed by atoms with Gasteiger partial charge in [0, 0.05) is 11.6 Å². The lowest BCUT2D eigenvalue weighted by Gasteiger charge is -2.10. The molecule has 0 aliphatic rings. The zero-order valence-electron chi connectivity index (χ0n) is 13.2. The van der Waals surface area contributed by atoms with Crippen molar-refractivity contribution in [2.24, 2.45) is 0 Å². The molecule has 0 spiro atoms. The number of ether oxygens (including phenoxy) is 2. The highest BCUT2D eigenvalue weighted by atomic mass is 19.1. The van der Waals surface area contributed by atoms with Crippen molar-refractivity contribution in [1.29, 1.82) is 0 Å². The summed E-state index contributed by atoms with van der Waals surface area (Å²) in [5.41, 5.74) is 2.06. The van der Waals surface area contributed by atoms with Crippen LogP contribution >= 0.6 is 0 Å². The quantitative estimate of drug-likeness (QED) is 0.733. The van der Waals surface area contributed by atoms with Crippen molar-refractivity contribution in [3.05, 3.63) is 78.1 Å². The molecular formula is C20H17FO3. The normalized spacial score (nSPS) is 10.4. The number of benzene rings is 3. The fraction of sp³-hybridized carbons (Fsp3) is 0.100. The van der Waals surface area contributed by atoms with Crippen molar-refractivity contribution in [3.63, 3.8) is 0 Å². The van der Waals surface area contributed by atoms with Crippen molar-refractivity contribution in [2.45, 2.75) is 6.61 Å². The van der Waals surface area contributed by atoms with Crippen LogP contribution in [0.1, 0.15) is 5.56 Å². The predicted molar refractivity (Wildman–Crippen MR) is 90.8 cm³/mol. The summed E-state index contributed by atoms with van der Waals surface area (Å²) in [5, 5.41) is 9.63. The number of methoxy groups -OCH3 is 1. The van der Waals surface area contributed by atoms with Gasteiger partial charge in [-0.3, -0.25) is 0 Å². The summed E-state index contributed by atoms with van der Waals surface area (Å²) in [4.78, 5) is 0. The van der Waals surface area contributed by atoms with Gasteiger partial charge in [0.2, 0.25) is 0 Å². The predicted octanol–water partition coefficient (Wildman–Crippen LogP) is 4.79. The van der Waals surface area contributed by atoms with E-state index in [1.165, 1.54) is 19.2 Å². The average molecular weight is 324 g/mol. The first-order valence-electron chi connectivity index (χ1n) is 7.51. The number of aromatic hydroxyl groups is 1. The first kappa shape index (κ1) is 15.9. The Labute approximate surface area is 139 Å². The van der Waals surface area contributed by atoms with E-state index in [2.05, 4.69) is 0 Å². The van der Waals surface area contributed by atoms with Gasteiger partial charge in [0.15, 0.2) is 11.5 Å². The van der Waals surface area contributed by atoms with E-state index in [1.54, 1.807) is 24.3 Å². The van der Waals surface area contributed by atoms with Gasteiger partial charge in [0.25, 0.3) is 0 Å². The van der Waals surface area contributed by atoms with Gasteiger partial charge in [-0.15, -0.1) is 0 Å². The Hall–Kier alpha value is -3.01. The van der Waals surface area contributed by atoms with E-state index < -0.39 is 5.82 Å². The zero-order chi connectivity index (χ0) is 16.9. The molecule has 0 saturated heterocycles. The molecule has 0 saturated carbocycles. The molecule has 0 amide bonds. The molecule has 0 fully saturated rings. The average Bonchev–Trinajstić information content (AvgIpc) is 2.62. The molecule has 0 heterocycles. The summed E-state index contributed by atoms with van der Waals surface area (Å²) in [5.74, 6) is 0.389. The minimum atomic E-state index is -0.395. The minimum absolute atomic E-state index is 0.0180. The summed E-state index contributed by atoms with van der Waals surface area (Å²) in [6, 6.07) is 19.2. The topological polar surface area (TPSA) is 38.7 Å². The van der Waals surface area contributed by atoms with Gasteiger partial charge < -0.3 is 14.6 Å². The second-order valence-corrected chi connectivity index (χ2v) is 5.30. The summed E-state index contributed by atoms with van der Waals surface area (Å²) in [6.07, 6.45) is 0. The van der Waals surface area contributed by atoms with E-state index in [1.807, 2.05) is 30.3 Å². The summed E-state index contributed by atoms with van der Waals surface area (Å²) in [7, 11) is 1.45. The van der Waals surface area contributed by atoms with Gasteiger partial charge in [0.1, 0.15) is 18.2 Å². The number of halogens is 1. The van der Waals surface area contributed by atoms with Crippen LogP contribution in [0.2, 0.25) is 0 Å². The molecule has 0 aromatic heterocycles. The maximum Gasteiger partial charge on any atom is 0.161 e. The maximum absolute atomic E-state index is 14.4. The standard InChI is InChI=1S/C20H17FO3/c1-23-20-11-15(7-10-19(20)22)17-9-8-16(12-18(17)21)24-13-14-5-3-2-4-6-14/h2-12,22H,13H2,1H3. The molecule has 4 heteroatoms.